The van der Waals surface area contributed by atoms with E-state index in [2.05, 4.69) is 120 Å². The Morgan fingerprint density at radius 1 is 0.667 bits per heavy atom. The van der Waals surface area contributed by atoms with Crippen LogP contribution in [-0.4, -0.2) is 27.3 Å². The minimum absolute atomic E-state index is 0.101. The Morgan fingerprint density at radius 2 is 1.00 bits per heavy atom. The van der Waals surface area contributed by atoms with E-state index in [0.29, 0.717) is 0 Å². The monoisotopic (exact) mass is 658 g/mol. The van der Waals surface area contributed by atoms with Crippen molar-refractivity contribution in [2.75, 3.05) is 0 Å². The van der Waals surface area contributed by atoms with Crippen LogP contribution in [-0.2, 0) is 0 Å². The Kier molecular flexibility index (Phi) is 11.2. The van der Waals surface area contributed by atoms with E-state index >= 15 is 0 Å². The molecule has 0 radical (unpaired) electrons. The summed E-state index contributed by atoms with van der Waals surface area (Å²) < 4.78 is 4.57. The number of alkyl halides is 2. The number of benzene rings is 2. The molecule has 0 nitrogen and oxygen atoms in total. The van der Waals surface area contributed by atoms with Crippen molar-refractivity contribution in [1.29, 1.82) is 0 Å². The van der Waals surface area contributed by atoms with Gasteiger partial charge in [0.15, 0.2) is 0 Å². The third kappa shape index (κ3) is 5.66. The van der Waals surface area contributed by atoms with E-state index in [-0.39, 0.29) is 0.873 Å². The van der Waals surface area contributed by atoms with Crippen LogP contribution in [0.3, 0.4) is 0 Å². The average Bonchev–Trinajstić information content (AvgIpc) is 2.79. The molecule has 0 saturated heterocycles. The SMILES string of the molecule is CCC[CH2][Sn]([CH2]CCC)([CH2]CCC)[C](Br)(Br)[Si](C)(c1ccccc1)c1ccccc1. The van der Waals surface area contributed by atoms with Crippen molar-refractivity contribution in [1.82, 2.24) is 0 Å². The summed E-state index contributed by atoms with van der Waals surface area (Å²) in [6, 6.07) is 22.9. The summed E-state index contributed by atoms with van der Waals surface area (Å²) in [5.74, 6) is 0. The minimum atomic E-state index is -2.68. The van der Waals surface area contributed by atoms with Gasteiger partial charge in [-0.15, -0.1) is 0 Å². The Bertz CT molecular complexity index is 672. The maximum atomic E-state index is 4.56. The summed E-state index contributed by atoms with van der Waals surface area (Å²) in [5.41, 5.74) is 0. The fourth-order valence-electron chi connectivity index (χ4n) is 4.99. The van der Waals surface area contributed by atoms with Crippen LogP contribution in [0.5, 0.6) is 0 Å². The molecule has 2 rings (SSSR count). The summed E-state index contributed by atoms with van der Waals surface area (Å²) in [4.78, 5) is 0. The number of rotatable bonds is 13. The molecule has 0 N–H and O–H groups in total. The number of hydrogen-bond donors (Lipinski definition) is 0. The van der Waals surface area contributed by atoms with Gasteiger partial charge in [0.1, 0.15) is 0 Å². The molecule has 0 aliphatic heterocycles. The van der Waals surface area contributed by atoms with Gasteiger partial charge < -0.3 is 0 Å². The first-order chi connectivity index (χ1) is 14.4. The first-order valence-electron chi connectivity index (χ1n) is 11.9. The molecule has 0 fully saturated rings. The Morgan fingerprint density at radius 3 is 1.30 bits per heavy atom. The van der Waals surface area contributed by atoms with Crippen LogP contribution in [0.2, 0.25) is 19.9 Å². The molecule has 0 bridgehead atoms. The first-order valence-corrected chi connectivity index (χ1v) is 23.4. The van der Waals surface area contributed by atoms with Crippen LogP contribution < -0.4 is 10.4 Å². The standard InChI is InChI=1S/C14H13Br2Si.3C4H9.Sn/c1-17(14(15)16,12-8-4-2-5-9-12)13-10-6-3-7-11-13;3*1-3-4-2;/h2-11H,1H3;3*1,3-4H2,2H3;. The van der Waals surface area contributed by atoms with Gasteiger partial charge in [0.05, 0.1) is 0 Å². The molecule has 4 heteroatoms. The molecule has 0 aliphatic carbocycles. The van der Waals surface area contributed by atoms with Crippen molar-refractivity contribution in [3.05, 3.63) is 60.7 Å². The van der Waals surface area contributed by atoms with Crippen LogP contribution in [0.25, 0.3) is 0 Å². The normalized spacial score (nSPS) is 12.9. The van der Waals surface area contributed by atoms with Crippen molar-refractivity contribution in [2.24, 2.45) is 0 Å². The predicted molar refractivity (Wildman–Crippen MR) is 149 cm³/mol. The predicted octanol–water partition coefficient (Wildman–Crippen LogP) is 8.29. The van der Waals surface area contributed by atoms with E-state index in [1.54, 1.807) is 10.4 Å². The van der Waals surface area contributed by atoms with Gasteiger partial charge in [0.2, 0.25) is 0 Å². The Labute approximate surface area is 207 Å². The molecule has 2 aromatic rings. The molecule has 0 amide bonds. The molecule has 0 aliphatic rings. The van der Waals surface area contributed by atoms with Crippen LogP contribution in [0, 0.1) is 0 Å². The molecule has 0 saturated carbocycles. The zero-order chi connectivity index (χ0) is 22.1. The van der Waals surface area contributed by atoms with Gasteiger partial charge in [-0.2, -0.15) is 0 Å². The first kappa shape index (κ1) is 26.7. The summed E-state index contributed by atoms with van der Waals surface area (Å²) in [6.07, 6.45) is 8.08. The van der Waals surface area contributed by atoms with Crippen LogP contribution >= 0.6 is 31.9 Å². The van der Waals surface area contributed by atoms with Gasteiger partial charge in [-0.05, 0) is 0 Å². The second kappa shape index (κ2) is 12.6. The zero-order valence-corrected chi connectivity index (χ0v) is 26.4. The molecule has 166 valence electrons. The topological polar surface area (TPSA) is 0 Å². The van der Waals surface area contributed by atoms with E-state index in [0.717, 1.165) is 0 Å². The molecular formula is C26H40Br2SiSn. The van der Waals surface area contributed by atoms with Crippen molar-refractivity contribution in [3.63, 3.8) is 0 Å². The maximum absolute atomic E-state index is 4.56. The fraction of sp³-hybridized carbons (Fsp3) is 0.538. The van der Waals surface area contributed by atoms with E-state index in [4.69, 9.17) is 0 Å². The summed E-state index contributed by atoms with van der Waals surface area (Å²) in [7, 11) is -2.09. The third-order valence-corrected chi connectivity index (χ3v) is 50.2. The second-order valence-electron chi connectivity index (χ2n) is 9.02. The Hall–Kier alpha value is 0.416. The van der Waals surface area contributed by atoms with E-state index in [1.165, 1.54) is 51.8 Å². The van der Waals surface area contributed by atoms with Gasteiger partial charge in [0.25, 0.3) is 0 Å². The fourth-order valence-corrected chi connectivity index (χ4v) is 47.3. The van der Waals surface area contributed by atoms with Gasteiger partial charge in [-0.25, -0.2) is 0 Å². The zero-order valence-electron chi connectivity index (χ0n) is 19.4. The second-order valence-corrected chi connectivity index (χ2v) is 37.4. The molecule has 0 atom stereocenters. The third-order valence-electron chi connectivity index (χ3n) is 7.02. The van der Waals surface area contributed by atoms with Crippen LogP contribution in [0.4, 0.5) is 0 Å². The van der Waals surface area contributed by atoms with E-state index in [1.807, 2.05) is 0 Å². The van der Waals surface area contributed by atoms with Crippen LogP contribution in [0.1, 0.15) is 59.3 Å². The summed E-state index contributed by atoms with van der Waals surface area (Å²) in [6.45, 7) is 9.72. The van der Waals surface area contributed by atoms with Crippen molar-refractivity contribution < 1.29 is 0 Å². The molecule has 0 spiro atoms. The number of hydrogen-bond acceptors (Lipinski definition) is 0. The Balaban J connectivity index is 2.72. The average molecular weight is 659 g/mol. The van der Waals surface area contributed by atoms with Gasteiger partial charge in [-0.3, -0.25) is 0 Å². The molecule has 0 unspecified atom stereocenters. The van der Waals surface area contributed by atoms with E-state index in [9.17, 15) is 0 Å². The quantitative estimate of drug-likeness (QED) is 0.150. The van der Waals surface area contributed by atoms with Gasteiger partial charge in [0, 0.05) is 0 Å². The molecule has 2 aromatic carbocycles. The molecule has 30 heavy (non-hydrogen) atoms. The van der Waals surface area contributed by atoms with Crippen molar-refractivity contribution in [2.45, 2.75) is 80.0 Å². The number of unbranched alkanes of at least 4 members (excludes halogenated alkanes) is 3. The number of halogens is 2. The molecular weight excluding hydrogens is 619 g/mol. The van der Waals surface area contributed by atoms with E-state index < -0.39 is 26.5 Å². The molecule has 0 heterocycles. The van der Waals surface area contributed by atoms with Crippen molar-refractivity contribution in [3.8, 4) is 0 Å². The summed E-state index contributed by atoms with van der Waals surface area (Å²) in [5, 5.41) is 3.10. The molecule has 0 aromatic heterocycles. The van der Waals surface area contributed by atoms with Gasteiger partial charge >= 0.3 is 209 Å². The van der Waals surface area contributed by atoms with Crippen LogP contribution in [0.15, 0.2) is 60.7 Å². The van der Waals surface area contributed by atoms with Gasteiger partial charge in [-0.1, -0.05) is 0 Å². The van der Waals surface area contributed by atoms with Crippen molar-refractivity contribution >= 4 is 68.7 Å². The summed E-state index contributed by atoms with van der Waals surface area (Å²) >= 11 is 6.45.